The first kappa shape index (κ1) is 21.0. The molecule has 0 bridgehead atoms. The fourth-order valence-electron chi connectivity index (χ4n) is 4.38. The van der Waals surface area contributed by atoms with Gasteiger partial charge in [0, 0.05) is 43.8 Å². The van der Waals surface area contributed by atoms with Crippen molar-refractivity contribution in [3.63, 3.8) is 0 Å². The van der Waals surface area contributed by atoms with Gasteiger partial charge in [-0.25, -0.2) is 9.18 Å². The van der Waals surface area contributed by atoms with Crippen molar-refractivity contribution in [2.45, 2.75) is 18.9 Å². The second kappa shape index (κ2) is 7.91. The van der Waals surface area contributed by atoms with E-state index in [4.69, 9.17) is 0 Å². The number of halogens is 1. The molecule has 1 saturated heterocycles. The maximum Gasteiger partial charge on any atom is 0.341 e. The quantitative estimate of drug-likeness (QED) is 0.632. The number of hydrogen-bond donors (Lipinski definition) is 2. The lowest BCUT2D eigenvalue weighted by atomic mass is 10.1. The van der Waals surface area contributed by atoms with Crippen LogP contribution in [0.15, 0.2) is 47.4 Å². The molecule has 9 heteroatoms. The van der Waals surface area contributed by atoms with Crippen molar-refractivity contribution >= 4 is 28.5 Å². The number of carbonyl (C=O) groups is 2. The SMILES string of the molecule is O=C(O)c1cn(C2CC2)c2cc(N3CCN(C(=O)c4ccccc4O)CC3)c(F)cc2c1=O. The number of amides is 1. The number of piperazine rings is 1. The number of benzene rings is 2. The Bertz CT molecular complexity index is 1340. The van der Waals surface area contributed by atoms with Crippen LogP contribution in [-0.4, -0.2) is 57.7 Å². The first-order valence-corrected chi connectivity index (χ1v) is 10.8. The molecular weight excluding hydrogens is 429 g/mol. The number of carboxylic acid groups (broad SMARTS) is 1. The molecule has 1 aliphatic carbocycles. The van der Waals surface area contributed by atoms with Crippen LogP contribution in [0.3, 0.4) is 0 Å². The number of nitrogens with zero attached hydrogens (tertiary/aromatic N) is 3. The van der Waals surface area contributed by atoms with Crippen molar-refractivity contribution in [2.24, 2.45) is 0 Å². The van der Waals surface area contributed by atoms with Gasteiger partial charge in [-0.15, -0.1) is 0 Å². The third-order valence-corrected chi connectivity index (χ3v) is 6.31. The number of phenolic OH excluding ortho intramolecular Hbond substituents is 1. The molecule has 5 rings (SSSR count). The van der Waals surface area contributed by atoms with Crippen molar-refractivity contribution in [2.75, 3.05) is 31.1 Å². The third-order valence-electron chi connectivity index (χ3n) is 6.31. The van der Waals surface area contributed by atoms with E-state index in [1.807, 2.05) is 4.90 Å². The number of aromatic carboxylic acids is 1. The van der Waals surface area contributed by atoms with Gasteiger partial charge in [0.1, 0.15) is 17.1 Å². The molecular formula is C24H22FN3O5. The lowest BCUT2D eigenvalue weighted by Crippen LogP contribution is -2.49. The van der Waals surface area contributed by atoms with Gasteiger partial charge in [0.15, 0.2) is 0 Å². The van der Waals surface area contributed by atoms with E-state index in [0.29, 0.717) is 37.4 Å². The Balaban J connectivity index is 1.45. The molecule has 2 aliphatic rings. The Morgan fingerprint density at radius 1 is 1.00 bits per heavy atom. The van der Waals surface area contributed by atoms with Crippen LogP contribution < -0.4 is 10.3 Å². The zero-order valence-electron chi connectivity index (χ0n) is 17.7. The van der Waals surface area contributed by atoms with Crippen LogP contribution in [0.1, 0.15) is 39.6 Å². The topological polar surface area (TPSA) is 103 Å². The monoisotopic (exact) mass is 451 g/mol. The second-order valence-electron chi connectivity index (χ2n) is 8.43. The summed E-state index contributed by atoms with van der Waals surface area (Å²) in [6.45, 7) is 1.45. The minimum absolute atomic E-state index is 0.0522. The van der Waals surface area contributed by atoms with Crippen molar-refractivity contribution < 1.29 is 24.2 Å². The molecule has 1 aromatic heterocycles. The Hall–Kier alpha value is -3.88. The van der Waals surface area contributed by atoms with Gasteiger partial charge in [-0.2, -0.15) is 0 Å². The minimum Gasteiger partial charge on any atom is -0.507 e. The van der Waals surface area contributed by atoms with Crippen LogP contribution in [-0.2, 0) is 0 Å². The van der Waals surface area contributed by atoms with E-state index in [2.05, 4.69) is 0 Å². The number of aromatic hydroxyl groups is 1. The number of para-hydroxylation sites is 1. The average molecular weight is 451 g/mol. The molecule has 8 nitrogen and oxygen atoms in total. The van der Waals surface area contributed by atoms with Crippen LogP contribution in [0, 0.1) is 5.82 Å². The first-order valence-electron chi connectivity index (χ1n) is 10.8. The molecule has 1 aliphatic heterocycles. The molecule has 0 atom stereocenters. The van der Waals surface area contributed by atoms with Crippen LogP contribution in [0.4, 0.5) is 10.1 Å². The second-order valence-corrected chi connectivity index (χ2v) is 8.43. The summed E-state index contributed by atoms with van der Waals surface area (Å²) in [6.07, 6.45) is 3.10. The maximum absolute atomic E-state index is 15.1. The third kappa shape index (κ3) is 3.69. The van der Waals surface area contributed by atoms with Crippen molar-refractivity contribution in [3.05, 3.63) is 69.8 Å². The highest BCUT2D eigenvalue weighted by Crippen LogP contribution is 2.38. The van der Waals surface area contributed by atoms with Gasteiger partial charge < -0.3 is 24.6 Å². The predicted molar refractivity (Wildman–Crippen MR) is 120 cm³/mol. The van der Waals surface area contributed by atoms with E-state index >= 15 is 4.39 Å². The Labute approximate surface area is 188 Å². The van der Waals surface area contributed by atoms with Crippen LogP contribution >= 0.6 is 0 Å². The summed E-state index contributed by atoms with van der Waals surface area (Å²) in [5.74, 6) is -2.30. The van der Waals surface area contributed by atoms with Crippen molar-refractivity contribution in [3.8, 4) is 5.75 Å². The molecule has 1 saturated carbocycles. The van der Waals surface area contributed by atoms with E-state index < -0.39 is 17.2 Å². The molecule has 2 fully saturated rings. The number of rotatable bonds is 4. The Kier molecular flexibility index (Phi) is 5.03. The summed E-state index contributed by atoms with van der Waals surface area (Å²) in [4.78, 5) is 40.3. The number of aromatic nitrogens is 1. The lowest BCUT2D eigenvalue weighted by molar-refractivity contribution is 0.0693. The average Bonchev–Trinajstić information content (AvgIpc) is 3.64. The summed E-state index contributed by atoms with van der Waals surface area (Å²) >= 11 is 0. The highest BCUT2D eigenvalue weighted by Gasteiger charge is 2.29. The number of carbonyl (C=O) groups excluding carboxylic acids is 1. The zero-order valence-corrected chi connectivity index (χ0v) is 17.7. The largest absolute Gasteiger partial charge is 0.507 e. The summed E-state index contributed by atoms with van der Waals surface area (Å²) in [7, 11) is 0. The summed E-state index contributed by atoms with van der Waals surface area (Å²) in [5.41, 5.74) is -0.00746. The fraction of sp³-hybridized carbons (Fsp3) is 0.292. The van der Waals surface area contributed by atoms with E-state index in [9.17, 15) is 24.6 Å². The summed E-state index contributed by atoms with van der Waals surface area (Å²) < 4.78 is 16.9. The van der Waals surface area contributed by atoms with E-state index in [1.54, 1.807) is 33.7 Å². The molecule has 3 aromatic rings. The summed E-state index contributed by atoms with van der Waals surface area (Å²) in [5, 5.41) is 19.4. The zero-order chi connectivity index (χ0) is 23.3. The Morgan fingerprint density at radius 3 is 2.33 bits per heavy atom. The number of pyridine rings is 1. The van der Waals surface area contributed by atoms with Gasteiger partial charge in [-0.1, -0.05) is 12.1 Å². The van der Waals surface area contributed by atoms with Gasteiger partial charge in [-0.3, -0.25) is 9.59 Å². The Morgan fingerprint density at radius 2 is 1.70 bits per heavy atom. The maximum atomic E-state index is 15.1. The van der Waals surface area contributed by atoms with Gasteiger partial charge in [0.25, 0.3) is 5.91 Å². The molecule has 33 heavy (non-hydrogen) atoms. The molecule has 0 unspecified atom stereocenters. The van der Waals surface area contributed by atoms with E-state index in [0.717, 1.165) is 18.9 Å². The minimum atomic E-state index is -1.33. The van der Waals surface area contributed by atoms with Gasteiger partial charge in [0.2, 0.25) is 5.43 Å². The molecule has 2 heterocycles. The lowest BCUT2D eigenvalue weighted by Gasteiger charge is -2.36. The van der Waals surface area contributed by atoms with Gasteiger partial charge in [-0.05, 0) is 37.1 Å². The molecule has 2 N–H and O–H groups in total. The number of phenols is 1. The molecule has 170 valence electrons. The molecule has 1 amide bonds. The van der Waals surface area contributed by atoms with Gasteiger partial charge >= 0.3 is 5.97 Å². The fourth-order valence-corrected chi connectivity index (χ4v) is 4.38. The number of hydrogen-bond acceptors (Lipinski definition) is 5. The smallest absolute Gasteiger partial charge is 0.341 e. The van der Waals surface area contributed by atoms with Crippen molar-refractivity contribution in [1.82, 2.24) is 9.47 Å². The number of fused-ring (bicyclic) bond motifs is 1. The normalized spacial score (nSPS) is 16.3. The number of anilines is 1. The molecule has 2 aromatic carbocycles. The van der Waals surface area contributed by atoms with Crippen LogP contribution in [0.2, 0.25) is 0 Å². The highest BCUT2D eigenvalue weighted by atomic mass is 19.1. The first-order chi connectivity index (χ1) is 15.8. The van der Waals surface area contributed by atoms with Crippen LogP contribution in [0.25, 0.3) is 10.9 Å². The summed E-state index contributed by atoms with van der Waals surface area (Å²) in [6, 6.07) is 9.18. The molecule has 0 radical (unpaired) electrons. The predicted octanol–water partition coefficient (Wildman–Crippen LogP) is 2.84. The van der Waals surface area contributed by atoms with Gasteiger partial charge in [0.05, 0.1) is 16.8 Å². The standard InChI is InChI=1S/C24H22FN3O5/c25-18-11-16-19(28(14-5-6-14)13-17(22(16)30)24(32)33)12-20(18)26-7-9-27(10-8-26)23(31)15-3-1-2-4-21(15)29/h1-4,11-14,29H,5-10H2,(H,32,33). The number of carboxylic acids is 1. The van der Waals surface area contributed by atoms with E-state index in [-0.39, 0.29) is 34.2 Å². The van der Waals surface area contributed by atoms with E-state index in [1.165, 1.54) is 12.3 Å². The van der Waals surface area contributed by atoms with Crippen molar-refractivity contribution in [1.29, 1.82) is 0 Å². The highest BCUT2D eigenvalue weighted by molar-refractivity contribution is 5.97. The van der Waals surface area contributed by atoms with Crippen LogP contribution in [0.5, 0.6) is 5.75 Å². The molecule has 0 spiro atoms.